The average molecular weight is 368 g/mol. The average Bonchev–Trinajstić information content (AvgIpc) is 3.20. The first-order chi connectivity index (χ1) is 11.5. The van der Waals surface area contributed by atoms with Gasteiger partial charge in [-0.05, 0) is 12.1 Å². The second-order valence-electron chi connectivity index (χ2n) is 4.43. The Hall–Kier alpha value is -2.85. The number of nitrogens with zero attached hydrogens (tertiary/aromatic N) is 4. The molecule has 3 rings (SSSR count). The molecule has 0 saturated carbocycles. The van der Waals surface area contributed by atoms with Gasteiger partial charge in [-0.3, -0.25) is 9.36 Å². The van der Waals surface area contributed by atoms with Crippen LogP contribution < -0.4 is 5.32 Å². The molecule has 0 unspecified atom stereocenters. The molecular weight excluding hydrogens is 361 g/mol. The van der Waals surface area contributed by atoms with Crippen LogP contribution in [0.1, 0.15) is 20.2 Å². The molecule has 0 saturated heterocycles. The van der Waals surface area contributed by atoms with Crippen molar-refractivity contribution in [3.8, 4) is 5.13 Å². The summed E-state index contributed by atoms with van der Waals surface area (Å²) in [7, 11) is 0. The van der Waals surface area contributed by atoms with Gasteiger partial charge in [0.1, 0.15) is 12.1 Å². The van der Waals surface area contributed by atoms with Gasteiger partial charge in [-0.1, -0.05) is 22.9 Å². The Labute approximate surface area is 142 Å². The number of benzene rings is 1. The molecule has 2 heterocycles. The molecule has 8 nitrogen and oxygen atoms in total. The van der Waals surface area contributed by atoms with Crippen LogP contribution in [-0.4, -0.2) is 36.7 Å². The second-order valence-corrected chi connectivity index (χ2v) is 5.79. The number of amides is 1. The maximum Gasteiger partial charge on any atom is 0.337 e. The smallest absolute Gasteiger partial charge is 0.337 e. The highest BCUT2D eigenvalue weighted by Crippen LogP contribution is 2.25. The van der Waals surface area contributed by atoms with E-state index in [-0.39, 0.29) is 15.7 Å². The molecular formula is C13H7ClFN5O3S. The zero-order valence-electron chi connectivity index (χ0n) is 11.6. The van der Waals surface area contributed by atoms with Crippen molar-refractivity contribution in [1.29, 1.82) is 0 Å². The molecule has 3 aromatic rings. The first-order valence-electron chi connectivity index (χ1n) is 6.31. The summed E-state index contributed by atoms with van der Waals surface area (Å²) in [5, 5.41) is 19.1. The normalized spacial score (nSPS) is 10.6. The third-order valence-electron chi connectivity index (χ3n) is 2.87. The Balaban J connectivity index is 1.88. The van der Waals surface area contributed by atoms with Crippen LogP contribution >= 0.6 is 22.9 Å². The lowest BCUT2D eigenvalue weighted by Crippen LogP contribution is -2.15. The fraction of sp³-hybridized carbons (Fsp3) is 0. The van der Waals surface area contributed by atoms with Gasteiger partial charge in [-0.15, -0.1) is 10.2 Å². The molecule has 0 spiro atoms. The molecule has 2 N–H and O–H groups in total. The minimum absolute atomic E-state index is 0.00418. The van der Waals surface area contributed by atoms with Crippen LogP contribution in [0, 0.1) is 5.82 Å². The number of carbonyl (C=O) groups excluding carboxylic acids is 1. The summed E-state index contributed by atoms with van der Waals surface area (Å²) < 4.78 is 15.0. The molecule has 0 aliphatic carbocycles. The van der Waals surface area contributed by atoms with Crippen LogP contribution in [0.3, 0.4) is 0 Å². The Morgan fingerprint density at radius 2 is 2.12 bits per heavy atom. The first-order valence-corrected chi connectivity index (χ1v) is 7.50. The highest BCUT2D eigenvalue weighted by molar-refractivity contribution is 7.15. The first kappa shape index (κ1) is 16.0. The van der Waals surface area contributed by atoms with Crippen LogP contribution in [-0.2, 0) is 0 Å². The lowest BCUT2D eigenvalue weighted by Gasteiger charge is -2.08. The highest BCUT2D eigenvalue weighted by atomic mass is 35.5. The van der Waals surface area contributed by atoms with E-state index in [1.165, 1.54) is 6.33 Å². The van der Waals surface area contributed by atoms with E-state index in [4.69, 9.17) is 16.7 Å². The van der Waals surface area contributed by atoms with Crippen molar-refractivity contribution in [2.45, 2.75) is 0 Å². The van der Waals surface area contributed by atoms with Gasteiger partial charge >= 0.3 is 5.97 Å². The van der Waals surface area contributed by atoms with Crippen LogP contribution in [0.15, 0.2) is 30.9 Å². The fourth-order valence-corrected chi connectivity index (χ4v) is 2.64. The quantitative estimate of drug-likeness (QED) is 0.733. The number of carboxylic acid groups (broad SMARTS) is 1. The van der Waals surface area contributed by atoms with E-state index < -0.39 is 23.3 Å². The molecule has 0 fully saturated rings. The number of hydrogen-bond donors (Lipinski definition) is 2. The minimum Gasteiger partial charge on any atom is -0.478 e. The van der Waals surface area contributed by atoms with Gasteiger partial charge in [0.15, 0.2) is 0 Å². The molecule has 1 amide bonds. The van der Waals surface area contributed by atoms with Crippen LogP contribution in [0.2, 0.25) is 5.02 Å². The van der Waals surface area contributed by atoms with E-state index in [2.05, 4.69) is 20.5 Å². The summed E-state index contributed by atoms with van der Waals surface area (Å²) in [5.41, 5.74) is -0.567. The van der Waals surface area contributed by atoms with Crippen molar-refractivity contribution in [2.75, 3.05) is 5.32 Å². The van der Waals surface area contributed by atoms with Gasteiger partial charge in [0.05, 0.1) is 16.3 Å². The Kier molecular flexibility index (Phi) is 4.23. The number of imidazole rings is 1. The summed E-state index contributed by atoms with van der Waals surface area (Å²) in [5.74, 6) is -2.99. The molecule has 0 aliphatic heterocycles. The largest absolute Gasteiger partial charge is 0.478 e. The fourth-order valence-electron chi connectivity index (χ4n) is 1.79. The molecule has 0 bridgehead atoms. The number of anilines is 1. The Morgan fingerprint density at radius 3 is 2.79 bits per heavy atom. The monoisotopic (exact) mass is 367 g/mol. The second kappa shape index (κ2) is 6.34. The van der Waals surface area contributed by atoms with Crippen molar-refractivity contribution < 1.29 is 19.1 Å². The number of rotatable bonds is 4. The van der Waals surface area contributed by atoms with Gasteiger partial charge in [-0.2, -0.15) is 0 Å². The summed E-state index contributed by atoms with van der Waals surface area (Å²) in [4.78, 5) is 27.2. The van der Waals surface area contributed by atoms with Crippen molar-refractivity contribution in [3.63, 3.8) is 0 Å². The Morgan fingerprint density at radius 1 is 1.33 bits per heavy atom. The standard InChI is InChI=1S/C13H7ClFN5O3S/c14-7-4-9(6(12(22)23)3-8(7)15)17-10(21)11-18-19-13(24-11)20-2-1-16-5-20/h1-5H,(H,17,21)(H,22,23). The topological polar surface area (TPSA) is 110 Å². The molecule has 0 atom stereocenters. The molecule has 0 aliphatic rings. The molecule has 1 aromatic carbocycles. The molecule has 2 aromatic heterocycles. The number of halogens is 2. The number of aromatic nitrogens is 4. The minimum atomic E-state index is -1.41. The molecule has 122 valence electrons. The number of hydrogen-bond acceptors (Lipinski definition) is 6. The van der Waals surface area contributed by atoms with E-state index in [9.17, 15) is 14.0 Å². The lowest BCUT2D eigenvalue weighted by atomic mass is 10.1. The van der Waals surface area contributed by atoms with E-state index >= 15 is 0 Å². The lowest BCUT2D eigenvalue weighted by molar-refractivity contribution is 0.0697. The van der Waals surface area contributed by atoms with Crippen LogP contribution in [0.4, 0.5) is 10.1 Å². The van der Waals surface area contributed by atoms with Crippen LogP contribution in [0.5, 0.6) is 0 Å². The number of carboxylic acids is 1. The molecule has 24 heavy (non-hydrogen) atoms. The van der Waals surface area contributed by atoms with E-state index in [1.807, 2.05) is 0 Å². The van der Waals surface area contributed by atoms with Gasteiger partial charge in [0, 0.05) is 12.4 Å². The molecule has 11 heteroatoms. The van der Waals surface area contributed by atoms with E-state index in [0.29, 0.717) is 5.13 Å². The van der Waals surface area contributed by atoms with Gasteiger partial charge < -0.3 is 10.4 Å². The van der Waals surface area contributed by atoms with Crippen LogP contribution in [0.25, 0.3) is 5.13 Å². The zero-order chi connectivity index (χ0) is 17.3. The molecule has 0 radical (unpaired) electrons. The van der Waals surface area contributed by atoms with E-state index in [1.54, 1.807) is 17.0 Å². The van der Waals surface area contributed by atoms with Gasteiger partial charge in [-0.25, -0.2) is 14.2 Å². The van der Waals surface area contributed by atoms with Gasteiger partial charge in [0.2, 0.25) is 10.1 Å². The maximum atomic E-state index is 13.4. The number of aromatic carboxylic acids is 1. The number of carbonyl (C=O) groups is 2. The predicted octanol–water partition coefficient (Wildman–Crippen LogP) is 2.47. The third kappa shape index (κ3) is 3.09. The summed E-state index contributed by atoms with van der Waals surface area (Å²) >= 11 is 6.61. The third-order valence-corrected chi connectivity index (χ3v) is 4.10. The SMILES string of the molecule is O=C(Nc1cc(Cl)c(F)cc1C(=O)O)c1nnc(-n2ccnc2)s1. The van der Waals surface area contributed by atoms with Crippen molar-refractivity contribution in [2.24, 2.45) is 0 Å². The van der Waals surface area contributed by atoms with Gasteiger partial charge in [0.25, 0.3) is 5.91 Å². The van der Waals surface area contributed by atoms with Crippen molar-refractivity contribution in [1.82, 2.24) is 19.7 Å². The summed E-state index contributed by atoms with van der Waals surface area (Å²) in [6, 6.07) is 1.76. The zero-order valence-corrected chi connectivity index (χ0v) is 13.2. The van der Waals surface area contributed by atoms with Crippen molar-refractivity contribution in [3.05, 3.63) is 52.3 Å². The summed E-state index contributed by atoms with van der Waals surface area (Å²) in [6.45, 7) is 0. The number of nitrogens with one attached hydrogen (secondary N) is 1. The van der Waals surface area contributed by atoms with Crippen molar-refractivity contribution >= 4 is 40.5 Å². The Bertz CT molecular complexity index is 928. The highest BCUT2D eigenvalue weighted by Gasteiger charge is 2.19. The maximum absolute atomic E-state index is 13.4. The summed E-state index contributed by atoms with van der Waals surface area (Å²) in [6.07, 6.45) is 4.66. The predicted molar refractivity (Wildman–Crippen MR) is 83.4 cm³/mol. The van der Waals surface area contributed by atoms with E-state index in [0.717, 1.165) is 23.5 Å².